The minimum atomic E-state index is 0.550. The maximum absolute atomic E-state index is 4.52. The molecule has 2 heterocycles. The molecule has 0 bridgehead atoms. The zero-order valence-electron chi connectivity index (χ0n) is 10.5. The van der Waals surface area contributed by atoms with Crippen molar-refractivity contribution in [1.82, 2.24) is 9.78 Å². The van der Waals surface area contributed by atoms with E-state index in [1.54, 1.807) is 0 Å². The van der Waals surface area contributed by atoms with Gasteiger partial charge < -0.3 is 10.6 Å². The van der Waals surface area contributed by atoms with Crippen molar-refractivity contribution in [2.24, 2.45) is 0 Å². The minimum absolute atomic E-state index is 0.550. The van der Waals surface area contributed by atoms with E-state index in [0.29, 0.717) is 6.04 Å². The van der Waals surface area contributed by atoms with Crippen LogP contribution in [0.3, 0.4) is 0 Å². The first kappa shape index (κ1) is 11.3. The van der Waals surface area contributed by atoms with Gasteiger partial charge in [-0.2, -0.15) is 5.10 Å². The Hall–Kier alpha value is -1.19. The van der Waals surface area contributed by atoms with Gasteiger partial charge in [-0.05, 0) is 20.3 Å². The van der Waals surface area contributed by atoms with Gasteiger partial charge in [0.15, 0.2) is 0 Å². The van der Waals surface area contributed by atoms with E-state index < -0.39 is 0 Å². The Kier molecular flexibility index (Phi) is 3.36. The molecular weight excluding hydrogens is 200 g/mol. The monoisotopic (exact) mass is 222 g/mol. The Balaban J connectivity index is 2.12. The van der Waals surface area contributed by atoms with E-state index in [4.69, 9.17) is 0 Å². The molecule has 4 heteroatoms. The molecule has 0 saturated heterocycles. The van der Waals surface area contributed by atoms with Crippen molar-refractivity contribution in [1.29, 1.82) is 0 Å². The Morgan fingerprint density at radius 3 is 2.94 bits per heavy atom. The molecule has 0 spiro atoms. The molecule has 0 radical (unpaired) electrons. The summed E-state index contributed by atoms with van der Waals surface area (Å²) >= 11 is 0. The van der Waals surface area contributed by atoms with Crippen molar-refractivity contribution in [2.75, 3.05) is 17.2 Å². The summed E-state index contributed by atoms with van der Waals surface area (Å²) in [6.07, 6.45) is 3.78. The molecule has 1 unspecified atom stereocenters. The zero-order chi connectivity index (χ0) is 11.5. The van der Waals surface area contributed by atoms with Gasteiger partial charge in [-0.25, -0.2) is 4.68 Å². The fourth-order valence-corrected chi connectivity index (χ4v) is 2.26. The lowest BCUT2D eigenvalue weighted by molar-refractivity contribution is 0.598. The average Bonchev–Trinajstić information content (AvgIpc) is 2.63. The largest absolute Gasteiger partial charge is 0.378 e. The maximum atomic E-state index is 4.52. The molecule has 1 atom stereocenters. The van der Waals surface area contributed by atoms with Crippen molar-refractivity contribution < 1.29 is 0 Å². The van der Waals surface area contributed by atoms with E-state index in [9.17, 15) is 0 Å². The molecule has 2 rings (SSSR count). The first-order valence-electron chi connectivity index (χ1n) is 6.34. The van der Waals surface area contributed by atoms with Crippen LogP contribution in [0.2, 0.25) is 0 Å². The van der Waals surface area contributed by atoms with Crippen LogP contribution in [-0.4, -0.2) is 22.4 Å². The second kappa shape index (κ2) is 4.76. The van der Waals surface area contributed by atoms with Crippen molar-refractivity contribution in [3.05, 3.63) is 5.69 Å². The number of aromatic nitrogens is 2. The predicted molar refractivity (Wildman–Crippen MR) is 68.1 cm³/mol. The highest BCUT2D eigenvalue weighted by Crippen LogP contribution is 2.30. The molecule has 1 aromatic rings. The molecule has 0 aromatic carbocycles. The summed E-state index contributed by atoms with van der Waals surface area (Å²) in [4.78, 5) is 0. The lowest BCUT2D eigenvalue weighted by Crippen LogP contribution is -2.33. The molecule has 1 aliphatic rings. The van der Waals surface area contributed by atoms with Crippen molar-refractivity contribution in [2.45, 2.75) is 52.6 Å². The summed E-state index contributed by atoms with van der Waals surface area (Å²) in [5.74, 6) is 1.17. The molecule has 0 fully saturated rings. The van der Waals surface area contributed by atoms with Gasteiger partial charge in [0.25, 0.3) is 0 Å². The van der Waals surface area contributed by atoms with Crippen LogP contribution in [0.4, 0.5) is 11.5 Å². The number of hydrogen-bond acceptors (Lipinski definition) is 3. The first-order valence-corrected chi connectivity index (χ1v) is 6.34. The number of rotatable bonds is 4. The molecule has 0 aliphatic carbocycles. The van der Waals surface area contributed by atoms with Gasteiger partial charge in [-0.15, -0.1) is 0 Å². The highest BCUT2D eigenvalue weighted by atomic mass is 15.4. The van der Waals surface area contributed by atoms with Crippen LogP contribution >= 0.6 is 0 Å². The molecule has 1 aliphatic heterocycles. The molecule has 0 saturated carbocycles. The highest BCUT2D eigenvalue weighted by molar-refractivity contribution is 5.70. The van der Waals surface area contributed by atoms with Crippen LogP contribution in [0.25, 0.3) is 0 Å². The van der Waals surface area contributed by atoms with E-state index in [0.717, 1.165) is 18.8 Å². The van der Waals surface area contributed by atoms with E-state index in [-0.39, 0.29) is 0 Å². The van der Waals surface area contributed by atoms with Crippen molar-refractivity contribution >= 4 is 11.5 Å². The SMILES string of the molecule is CCCCC1CNc2c(C)nn(CC)c2N1. The van der Waals surface area contributed by atoms with Gasteiger partial charge in [0, 0.05) is 19.1 Å². The van der Waals surface area contributed by atoms with Crippen LogP contribution in [0, 0.1) is 6.92 Å². The normalized spacial score (nSPS) is 18.8. The number of nitrogens with zero attached hydrogens (tertiary/aromatic N) is 2. The quantitative estimate of drug-likeness (QED) is 0.823. The van der Waals surface area contributed by atoms with Gasteiger partial charge >= 0.3 is 0 Å². The van der Waals surface area contributed by atoms with Crippen molar-refractivity contribution in [3.63, 3.8) is 0 Å². The summed E-state index contributed by atoms with van der Waals surface area (Å²) in [6.45, 7) is 8.37. The van der Waals surface area contributed by atoms with Gasteiger partial charge in [-0.3, -0.25) is 0 Å². The summed E-state index contributed by atoms with van der Waals surface area (Å²) in [7, 11) is 0. The number of hydrogen-bond donors (Lipinski definition) is 2. The van der Waals surface area contributed by atoms with E-state index >= 15 is 0 Å². The van der Waals surface area contributed by atoms with E-state index in [2.05, 4.69) is 41.2 Å². The fourth-order valence-electron chi connectivity index (χ4n) is 2.26. The molecule has 0 amide bonds. The third-order valence-corrected chi connectivity index (χ3v) is 3.20. The van der Waals surface area contributed by atoms with Gasteiger partial charge in [-0.1, -0.05) is 19.8 Å². The van der Waals surface area contributed by atoms with E-state index in [1.165, 1.54) is 30.8 Å². The van der Waals surface area contributed by atoms with Crippen LogP contribution in [-0.2, 0) is 6.54 Å². The predicted octanol–water partition coefficient (Wildman–Crippen LogP) is 2.61. The first-order chi connectivity index (χ1) is 7.76. The molecule has 90 valence electrons. The standard InChI is InChI=1S/C12H22N4/c1-4-6-7-10-8-13-11-9(3)15-16(5-2)12(11)14-10/h10,13-14H,4-8H2,1-3H3. The van der Waals surface area contributed by atoms with Crippen molar-refractivity contribution in [3.8, 4) is 0 Å². The van der Waals surface area contributed by atoms with Gasteiger partial charge in [0.05, 0.1) is 5.69 Å². The number of fused-ring (bicyclic) bond motifs is 1. The smallest absolute Gasteiger partial charge is 0.148 e. The second-order valence-corrected chi connectivity index (χ2v) is 4.49. The van der Waals surface area contributed by atoms with Crippen LogP contribution in [0.5, 0.6) is 0 Å². The average molecular weight is 222 g/mol. The summed E-state index contributed by atoms with van der Waals surface area (Å²) in [6, 6.07) is 0.550. The number of nitrogens with one attached hydrogen (secondary N) is 2. The topological polar surface area (TPSA) is 41.9 Å². The third kappa shape index (κ3) is 2.01. The van der Waals surface area contributed by atoms with Crippen LogP contribution in [0.1, 0.15) is 38.8 Å². The third-order valence-electron chi connectivity index (χ3n) is 3.20. The van der Waals surface area contributed by atoms with Crippen LogP contribution < -0.4 is 10.6 Å². The van der Waals surface area contributed by atoms with Crippen LogP contribution in [0.15, 0.2) is 0 Å². The second-order valence-electron chi connectivity index (χ2n) is 4.49. The highest BCUT2D eigenvalue weighted by Gasteiger charge is 2.22. The lowest BCUT2D eigenvalue weighted by atomic mass is 10.1. The molecule has 2 N–H and O–H groups in total. The zero-order valence-corrected chi connectivity index (χ0v) is 10.5. The van der Waals surface area contributed by atoms with E-state index in [1.807, 2.05) is 0 Å². The molecule has 4 nitrogen and oxygen atoms in total. The minimum Gasteiger partial charge on any atom is -0.378 e. The molecular formula is C12H22N4. The number of aryl methyl sites for hydroxylation is 2. The number of unbranched alkanes of at least 4 members (excludes halogenated alkanes) is 1. The number of anilines is 2. The lowest BCUT2D eigenvalue weighted by Gasteiger charge is -2.27. The Morgan fingerprint density at radius 1 is 1.44 bits per heavy atom. The van der Waals surface area contributed by atoms with Gasteiger partial charge in [0.2, 0.25) is 0 Å². The Bertz CT molecular complexity index is 356. The molecule has 16 heavy (non-hydrogen) atoms. The fraction of sp³-hybridized carbons (Fsp3) is 0.750. The summed E-state index contributed by atoms with van der Waals surface area (Å²) in [5.41, 5.74) is 2.29. The maximum Gasteiger partial charge on any atom is 0.148 e. The Labute approximate surface area is 97.4 Å². The Morgan fingerprint density at radius 2 is 2.25 bits per heavy atom. The molecule has 1 aromatic heterocycles. The summed E-state index contributed by atoms with van der Waals surface area (Å²) < 4.78 is 2.05. The van der Waals surface area contributed by atoms with Gasteiger partial charge in [0.1, 0.15) is 11.5 Å². The summed E-state index contributed by atoms with van der Waals surface area (Å²) in [5, 5.41) is 11.6.